The Morgan fingerprint density at radius 2 is 2.00 bits per heavy atom. The van der Waals surface area contributed by atoms with Crippen LogP contribution in [0.2, 0.25) is 0 Å². The Labute approximate surface area is 200 Å². The molecule has 0 saturated carbocycles. The number of alkyl halides is 1. The number of pyridine rings is 2. The van der Waals surface area contributed by atoms with Crippen LogP contribution in [0.5, 0.6) is 0 Å². The van der Waals surface area contributed by atoms with Crippen molar-refractivity contribution in [1.29, 1.82) is 0 Å². The second kappa shape index (κ2) is 8.05. The van der Waals surface area contributed by atoms with E-state index < -0.39 is 5.41 Å². The molecule has 2 aliphatic rings. The van der Waals surface area contributed by atoms with Crippen LogP contribution in [0, 0.1) is 12.7 Å². The van der Waals surface area contributed by atoms with Crippen LogP contribution in [-0.4, -0.2) is 20.9 Å². The smallest absolute Gasteiger partial charge is 0.316 e. The van der Waals surface area contributed by atoms with Crippen molar-refractivity contribution >= 4 is 32.8 Å². The lowest BCUT2D eigenvalue weighted by Crippen LogP contribution is -2.42. The number of halogens is 2. The van der Waals surface area contributed by atoms with Crippen LogP contribution in [0.3, 0.4) is 0 Å². The average molecular weight is 513 g/mol. The number of carbonyl (C=O) groups excluding carboxylic acids is 1. The minimum atomic E-state index is -0.871. The second-order valence-electron chi connectivity index (χ2n) is 9.26. The highest BCUT2D eigenvalue weighted by molar-refractivity contribution is 9.09. The average Bonchev–Trinajstić information content (AvgIpc) is 3.16. The largest absolute Gasteiger partial charge is 0.460 e. The number of benzene rings is 1. The molecule has 0 unspecified atom stereocenters. The first-order valence-corrected chi connectivity index (χ1v) is 12.5. The highest BCUT2D eigenvalue weighted by Crippen LogP contribution is 2.41. The molecule has 0 fully saturated rings. The monoisotopic (exact) mass is 512 g/mol. The third-order valence-corrected chi connectivity index (χ3v) is 7.91. The number of aryl methyl sites for hydroxylation is 2. The molecule has 0 bridgehead atoms. The van der Waals surface area contributed by atoms with E-state index in [2.05, 4.69) is 15.9 Å². The highest BCUT2D eigenvalue weighted by atomic mass is 79.9. The van der Waals surface area contributed by atoms with Crippen LogP contribution in [0.1, 0.15) is 60.9 Å². The Morgan fingerprint density at radius 3 is 2.73 bits per heavy atom. The van der Waals surface area contributed by atoms with Crippen molar-refractivity contribution in [2.45, 2.75) is 65.0 Å². The molecular formula is C26H26BrFN2O3. The number of esters is 1. The Morgan fingerprint density at radius 1 is 1.21 bits per heavy atom. The summed E-state index contributed by atoms with van der Waals surface area (Å²) in [4.78, 5) is 31.0. The zero-order valence-electron chi connectivity index (χ0n) is 19.1. The lowest BCUT2D eigenvalue weighted by Gasteiger charge is -2.33. The van der Waals surface area contributed by atoms with E-state index in [0.29, 0.717) is 35.3 Å². The van der Waals surface area contributed by atoms with Gasteiger partial charge in [-0.3, -0.25) is 9.59 Å². The summed E-state index contributed by atoms with van der Waals surface area (Å²) in [5, 5.41) is 1.87. The molecule has 0 radical (unpaired) electrons. The van der Waals surface area contributed by atoms with E-state index in [1.807, 2.05) is 26.0 Å². The Hall–Kier alpha value is -2.54. The summed E-state index contributed by atoms with van der Waals surface area (Å²) in [7, 11) is 0. The molecule has 0 N–H and O–H groups in total. The standard InChI is InChI=1S/C26H26BrFN2O3/c1-4-26(3)19-10-22-23-17(12-30(22)24(31)18(19)13-33-25(26)32)15(7-5-6-8-27)16-9-14(2)20(28)11-21(16)29-23/h9-11H,4-8,12-13H2,1-3H3/t26-/m1/s1. The number of carbonyl (C=O) groups is 1. The first-order valence-electron chi connectivity index (χ1n) is 11.4. The van der Waals surface area contributed by atoms with Gasteiger partial charge in [-0.1, -0.05) is 22.9 Å². The van der Waals surface area contributed by atoms with Crippen LogP contribution in [0.25, 0.3) is 22.3 Å². The highest BCUT2D eigenvalue weighted by Gasteiger charge is 2.43. The van der Waals surface area contributed by atoms with Gasteiger partial charge in [-0.2, -0.15) is 0 Å². The van der Waals surface area contributed by atoms with Gasteiger partial charge >= 0.3 is 5.97 Å². The fourth-order valence-corrected chi connectivity index (χ4v) is 5.53. The second-order valence-corrected chi connectivity index (χ2v) is 10.1. The minimum absolute atomic E-state index is 0.00284. The van der Waals surface area contributed by atoms with E-state index in [4.69, 9.17) is 9.72 Å². The molecule has 3 aromatic rings. The van der Waals surface area contributed by atoms with Gasteiger partial charge in [0, 0.05) is 22.3 Å². The number of aromatic nitrogens is 2. The topological polar surface area (TPSA) is 61.2 Å². The molecule has 7 heteroatoms. The quantitative estimate of drug-likeness (QED) is 0.206. The lowest BCUT2D eigenvalue weighted by molar-refractivity contribution is -0.153. The molecule has 5 rings (SSSR count). The van der Waals surface area contributed by atoms with Gasteiger partial charge in [0.2, 0.25) is 0 Å². The molecule has 172 valence electrons. The van der Waals surface area contributed by atoms with Crippen molar-refractivity contribution in [3.8, 4) is 11.4 Å². The lowest BCUT2D eigenvalue weighted by atomic mass is 9.76. The molecule has 1 atom stereocenters. The Bertz CT molecular complexity index is 1380. The van der Waals surface area contributed by atoms with Crippen molar-refractivity contribution in [3.05, 3.63) is 62.2 Å². The molecule has 0 saturated heterocycles. The first kappa shape index (κ1) is 22.3. The molecule has 33 heavy (non-hydrogen) atoms. The number of hydrogen-bond donors (Lipinski definition) is 0. The van der Waals surface area contributed by atoms with Gasteiger partial charge in [0.15, 0.2) is 0 Å². The molecule has 0 aliphatic carbocycles. The summed E-state index contributed by atoms with van der Waals surface area (Å²) in [5.41, 5.74) is 5.02. The minimum Gasteiger partial charge on any atom is -0.460 e. The molecule has 2 aromatic heterocycles. The molecule has 4 heterocycles. The Kier molecular flexibility index (Phi) is 5.43. The molecule has 5 nitrogen and oxygen atoms in total. The van der Waals surface area contributed by atoms with Gasteiger partial charge in [0.1, 0.15) is 12.4 Å². The molecule has 2 aliphatic heterocycles. The van der Waals surface area contributed by atoms with Gasteiger partial charge in [-0.05, 0) is 68.4 Å². The third kappa shape index (κ3) is 3.27. The van der Waals surface area contributed by atoms with Crippen molar-refractivity contribution in [3.63, 3.8) is 0 Å². The number of rotatable bonds is 5. The van der Waals surface area contributed by atoms with Gasteiger partial charge in [-0.25, -0.2) is 9.37 Å². The van der Waals surface area contributed by atoms with E-state index in [1.54, 1.807) is 11.5 Å². The van der Waals surface area contributed by atoms with Crippen LogP contribution in [0.15, 0.2) is 23.0 Å². The number of hydrogen-bond acceptors (Lipinski definition) is 4. The molecule has 1 aromatic carbocycles. The van der Waals surface area contributed by atoms with E-state index in [9.17, 15) is 14.0 Å². The van der Waals surface area contributed by atoms with E-state index in [-0.39, 0.29) is 24.0 Å². The van der Waals surface area contributed by atoms with Crippen LogP contribution < -0.4 is 5.56 Å². The zero-order chi connectivity index (χ0) is 23.5. The maximum atomic E-state index is 14.5. The van der Waals surface area contributed by atoms with Gasteiger partial charge in [0.25, 0.3) is 5.56 Å². The SMILES string of the molecule is CC[C@@]1(C)C(=O)OCc2c1cc1n(c2=O)Cc2c-1nc1cc(F)c(C)cc1c2CCCCBr. The first-order chi connectivity index (χ1) is 15.8. The van der Waals surface area contributed by atoms with E-state index >= 15 is 0 Å². The van der Waals surface area contributed by atoms with Crippen LogP contribution >= 0.6 is 15.9 Å². The fourth-order valence-electron chi connectivity index (χ4n) is 5.14. The number of fused-ring (bicyclic) bond motifs is 5. The normalized spacial score (nSPS) is 18.8. The van der Waals surface area contributed by atoms with Crippen LogP contribution in [0.4, 0.5) is 4.39 Å². The molecule has 0 amide bonds. The zero-order valence-corrected chi connectivity index (χ0v) is 20.6. The molecular weight excluding hydrogens is 487 g/mol. The maximum Gasteiger partial charge on any atom is 0.316 e. The van der Waals surface area contributed by atoms with Gasteiger partial charge < -0.3 is 9.30 Å². The van der Waals surface area contributed by atoms with Crippen molar-refractivity contribution in [1.82, 2.24) is 9.55 Å². The number of ether oxygens (including phenoxy) is 1. The summed E-state index contributed by atoms with van der Waals surface area (Å²) < 4.78 is 21.6. The maximum absolute atomic E-state index is 14.5. The van der Waals surface area contributed by atoms with Crippen molar-refractivity contribution in [2.75, 3.05) is 5.33 Å². The summed E-state index contributed by atoms with van der Waals surface area (Å²) in [6, 6.07) is 5.31. The number of nitrogens with zero attached hydrogens (tertiary/aromatic N) is 2. The van der Waals surface area contributed by atoms with Gasteiger partial charge in [-0.15, -0.1) is 0 Å². The van der Waals surface area contributed by atoms with Crippen LogP contribution in [-0.2, 0) is 34.5 Å². The van der Waals surface area contributed by atoms with Crippen molar-refractivity contribution < 1.29 is 13.9 Å². The third-order valence-electron chi connectivity index (χ3n) is 7.35. The Balaban J connectivity index is 1.78. The molecule has 0 spiro atoms. The van der Waals surface area contributed by atoms with Crippen molar-refractivity contribution in [2.24, 2.45) is 0 Å². The summed E-state index contributed by atoms with van der Waals surface area (Å²) in [6.45, 7) is 5.94. The van der Waals surface area contributed by atoms with Gasteiger partial charge in [0.05, 0.1) is 34.4 Å². The number of unbranched alkanes of at least 4 members (excludes halogenated alkanes) is 1. The predicted molar refractivity (Wildman–Crippen MR) is 129 cm³/mol. The fraction of sp³-hybridized carbons (Fsp3) is 0.423. The summed E-state index contributed by atoms with van der Waals surface area (Å²) in [5.74, 6) is -0.594. The predicted octanol–water partition coefficient (Wildman–Crippen LogP) is 5.31. The van der Waals surface area contributed by atoms with E-state index in [0.717, 1.165) is 52.4 Å². The summed E-state index contributed by atoms with van der Waals surface area (Å²) in [6.07, 6.45) is 3.36. The summed E-state index contributed by atoms with van der Waals surface area (Å²) >= 11 is 3.50. The van der Waals surface area contributed by atoms with E-state index in [1.165, 1.54) is 6.07 Å². The number of cyclic esters (lactones) is 1.